The van der Waals surface area contributed by atoms with Crippen molar-refractivity contribution in [3.05, 3.63) is 64.1 Å². The van der Waals surface area contributed by atoms with Gasteiger partial charge in [-0.2, -0.15) is 0 Å². The Morgan fingerprint density at radius 2 is 1.61 bits per heavy atom. The number of imide groups is 1. The summed E-state index contributed by atoms with van der Waals surface area (Å²) in [7, 11) is 0. The fourth-order valence-corrected chi connectivity index (χ4v) is 6.04. The first-order valence-corrected chi connectivity index (χ1v) is 11.4. The standard InChI is InChI=1S/C24H22Cl2N2O3/c25-16-7-4-8-17(21(16)26)27-22(29)18(11-13-5-2-1-3-6-13)28-23(30)19-14-9-10-15(12-14)20(19)24(28)31/h1-8,14-15,18-20H,9-12H2,(H,27,29)/t14-,15-,18-,19-,20+/m0/s1. The van der Waals surface area contributed by atoms with E-state index in [1.165, 1.54) is 4.90 Å². The van der Waals surface area contributed by atoms with E-state index in [0.717, 1.165) is 24.8 Å². The average Bonchev–Trinajstić information content (AvgIpc) is 3.45. The van der Waals surface area contributed by atoms with Gasteiger partial charge in [0.25, 0.3) is 0 Å². The van der Waals surface area contributed by atoms with E-state index in [4.69, 9.17) is 23.2 Å². The van der Waals surface area contributed by atoms with E-state index >= 15 is 0 Å². The van der Waals surface area contributed by atoms with Crippen LogP contribution < -0.4 is 5.32 Å². The van der Waals surface area contributed by atoms with Crippen LogP contribution in [0.5, 0.6) is 0 Å². The number of amides is 3. The Hall–Kier alpha value is -2.37. The molecular weight excluding hydrogens is 435 g/mol. The van der Waals surface area contributed by atoms with Gasteiger partial charge in [0, 0.05) is 6.42 Å². The molecule has 3 fully saturated rings. The highest BCUT2D eigenvalue weighted by molar-refractivity contribution is 6.44. The first-order valence-electron chi connectivity index (χ1n) is 10.6. The minimum Gasteiger partial charge on any atom is -0.323 e. The summed E-state index contributed by atoms with van der Waals surface area (Å²) in [4.78, 5) is 41.4. The second-order valence-electron chi connectivity index (χ2n) is 8.73. The van der Waals surface area contributed by atoms with Gasteiger partial charge in [-0.15, -0.1) is 0 Å². The van der Waals surface area contributed by atoms with E-state index in [0.29, 0.717) is 10.7 Å². The molecule has 5 nitrogen and oxygen atoms in total. The molecule has 0 unspecified atom stereocenters. The van der Waals surface area contributed by atoms with Crippen LogP contribution in [0.15, 0.2) is 48.5 Å². The highest BCUT2D eigenvalue weighted by Gasteiger charge is 2.62. The number of fused-ring (bicyclic) bond motifs is 5. The minimum atomic E-state index is -0.942. The van der Waals surface area contributed by atoms with E-state index in [2.05, 4.69) is 5.32 Å². The predicted octanol–water partition coefficient (Wildman–Crippen LogP) is 4.57. The van der Waals surface area contributed by atoms with Crippen LogP contribution in [-0.2, 0) is 20.8 Å². The Morgan fingerprint density at radius 1 is 0.968 bits per heavy atom. The van der Waals surface area contributed by atoms with E-state index in [1.54, 1.807) is 18.2 Å². The van der Waals surface area contributed by atoms with Gasteiger partial charge in [-0.1, -0.05) is 59.6 Å². The zero-order chi connectivity index (χ0) is 21.7. The number of anilines is 1. The van der Waals surface area contributed by atoms with E-state index in [9.17, 15) is 14.4 Å². The molecule has 0 spiro atoms. The second kappa shape index (κ2) is 7.95. The molecule has 2 aromatic carbocycles. The molecule has 2 aromatic rings. The third kappa shape index (κ3) is 3.44. The minimum absolute atomic E-state index is 0.199. The molecule has 7 heteroatoms. The molecular formula is C24H22Cl2N2O3. The average molecular weight is 457 g/mol. The van der Waals surface area contributed by atoms with E-state index in [-0.39, 0.29) is 46.9 Å². The summed E-state index contributed by atoms with van der Waals surface area (Å²) in [5.41, 5.74) is 1.23. The molecule has 3 amide bonds. The van der Waals surface area contributed by atoms with Gasteiger partial charge < -0.3 is 5.32 Å². The van der Waals surface area contributed by atoms with Crippen LogP contribution in [0.2, 0.25) is 10.0 Å². The molecule has 1 saturated heterocycles. The van der Waals surface area contributed by atoms with Gasteiger partial charge in [-0.25, -0.2) is 0 Å². The van der Waals surface area contributed by atoms with Crippen LogP contribution in [0.25, 0.3) is 0 Å². The lowest BCUT2D eigenvalue weighted by Gasteiger charge is -2.27. The van der Waals surface area contributed by atoms with Gasteiger partial charge >= 0.3 is 0 Å². The molecule has 2 saturated carbocycles. The summed E-state index contributed by atoms with van der Waals surface area (Å²) >= 11 is 12.3. The first-order chi connectivity index (χ1) is 15.0. The van der Waals surface area contributed by atoms with Gasteiger partial charge in [0.05, 0.1) is 27.6 Å². The van der Waals surface area contributed by atoms with Gasteiger partial charge in [0.1, 0.15) is 6.04 Å². The molecule has 1 N–H and O–H groups in total. The van der Waals surface area contributed by atoms with Crippen LogP contribution in [0, 0.1) is 23.7 Å². The Morgan fingerprint density at radius 3 is 2.26 bits per heavy atom. The fourth-order valence-electron chi connectivity index (χ4n) is 5.69. The number of hydrogen-bond donors (Lipinski definition) is 1. The van der Waals surface area contributed by atoms with Crippen LogP contribution in [0.1, 0.15) is 24.8 Å². The Balaban J connectivity index is 1.47. The van der Waals surface area contributed by atoms with Gasteiger partial charge in [-0.3, -0.25) is 19.3 Å². The summed E-state index contributed by atoms with van der Waals surface area (Å²) in [6.45, 7) is 0. The maximum atomic E-state index is 13.4. The Labute approximate surface area is 190 Å². The van der Waals surface area contributed by atoms with Crippen molar-refractivity contribution in [2.45, 2.75) is 31.7 Å². The lowest BCUT2D eigenvalue weighted by molar-refractivity contribution is -0.147. The summed E-state index contributed by atoms with van der Waals surface area (Å²) in [6, 6.07) is 13.4. The van der Waals surface area contributed by atoms with Crippen molar-refractivity contribution >= 4 is 46.6 Å². The number of nitrogens with one attached hydrogen (secondary N) is 1. The number of hydrogen-bond acceptors (Lipinski definition) is 3. The van der Waals surface area contributed by atoms with Crippen molar-refractivity contribution in [2.75, 3.05) is 5.32 Å². The monoisotopic (exact) mass is 456 g/mol. The van der Waals surface area contributed by atoms with Crippen LogP contribution in [0.4, 0.5) is 5.69 Å². The summed E-state index contributed by atoms with van der Waals surface area (Å²) in [5.74, 6) is -0.856. The number of rotatable bonds is 5. The fraction of sp³-hybridized carbons (Fsp3) is 0.375. The van der Waals surface area contributed by atoms with Crippen LogP contribution in [-0.4, -0.2) is 28.7 Å². The maximum absolute atomic E-state index is 13.4. The first kappa shape index (κ1) is 20.5. The zero-order valence-corrected chi connectivity index (χ0v) is 18.3. The highest BCUT2D eigenvalue weighted by Crippen LogP contribution is 2.56. The lowest BCUT2D eigenvalue weighted by Crippen LogP contribution is -2.49. The lowest BCUT2D eigenvalue weighted by atomic mass is 9.81. The van der Waals surface area contributed by atoms with Crippen molar-refractivity contribution in [1.82, 2.24) is 4.90 Å². The largest absolute Gasteiger partial charge is 0.323 e. The van der Waals surface area contributed by atoms with Crippen molar-refractivity contribution in [3.63, 3.8) is 0 Å². The number of likely N-dealkylation sites (tertiary alicyclic amines) is 1. The smallest absolute Gasteiger partial charge is 0.248 e. The third-order valence-electron chi connectivity index (χ3n) is 7.06. The molecule has 0 radical (unpaired) electrons. The van der Waals surface area contributed by atoms with Crippen molar-refractivity contribution in [2.24, 2.45) is 23.7 Å². The maximum Gasteiger partial charge on any atom is 0.248 e. The molecule has 5 rings (SSSR count). The quantitative estimate of drug-likeness (QED) is 0.669. The molecule has 5 atom stereocenters. The van der Waals surface area contributed by atoms with Crippen LogP contribution >= 0.6 is 23.2 Å². The topological polar surface area (TPSA) is 66.5 Å². The van der Waals surface area contributed by atoms with Crippen molar-refractivity contribution in [1.29, 1.82) is 0 Å². The number of nitrogens with zero attached hydrogens (tertiary/aromatic N) is 1. The SMILES string of the molecule is O=C(Nc1cccc(Cl)c1Cl)[C@H](Cc1ccccc1)N1C(=O)[C@@H]2[C@H]3CC[C@@H](C3)[C@@H]2C1=O. The number of halogens is 2. The molecule has 1 aliphatic heterocycles. The summed E-state index contributed by atoms with van der Waals surface area (Å²) < 4.78 is 0. The summed E-state index contributed by atoms with van der Waals surface area (Å²) in [5, 5.41) is 3.34. The Kier molecular flexibility index (Phi) is 5.27. The van der Waals surface area contributed by atoms with E-state index < -0.39 is 11.9 Å². The third-order valence-corrected chi connectivity index (χ3v) is 7.88. The molecule has 2 bridgehead atoms. The number of carbonyl (C=O) groups is 3. The highest BCUT2D eigenvalue weighted by atomic mass is 35.5. The molecule has 160 valence electrons. The van der Waals surface area contributed by atoms with E-state index in [1.807, 2.05) is 30.3 Å². The van der Waals surface area contributed by atoms with Gasteiger partial charge in [0.2, 0.25) is 17.7 Å². The summed E-state index contributed by atoms with van der Waals surface area (Å²) in [6.07, 6.45) is 3.18. The predicted molar refractivity (Wildman–Crippen MR) is 119 cm³/mol. The van der Waals surface area contributed by atoms with Crippen LogP contribution in [0.3, 0.4) is 0 Å². The number of benzene rings is 2. The van der Waals surface area contributed by atoms with Gasteiger partial charge in [0.15, 0.2) is 0 Å². The molecule has 2 aliphatic carbocycles. The van der Waals surface area contributed by atoms with Crippen molar-refractivity contribution < 1.29 is 14.4 Å². The molecule has 3 aliphatic rings. The Bertz CT molecular complexity index is 1030. The number of carbonyl (C=O) groups excluding carboxylic acids is 3. The molecule has 1 heterocycles. The molecule has 31 heavy (non-hydrogen) atoms. The molecule has 0 aromatic heterocycles. The van der Waals surface area contributed by atoms with Gasteiger partial charge in [-0.05, 0) is 48.8 Å². The zero-order valence-electron chi connectivity index (χ0n) is 16.8. The normalized spacial score (nSPS) is 27.5. The van der Waals surface area contributed by atoms with Crippen molar-refractivity contribution in [3.8, 4) is 0 Å². The second-order valence-corrected chi connectivity index (χ2v) is 9.51.